The van der Waals surface area contributed by atoms with Crippen molar-refractivity contribution in [3.8, 4) is 11.5 Å². The first-order valence-corrected chi connectivity index (χ1v) is 8.97. The van der Waals surface area contributed by atoms with Gasteiger partial charge in [-0.25, -0.2) is 4.39 Å². The number of hydrogen-bond donors (Lipinski definition) is 1. The zero-order valence-electron chi connectivity index (χ0n) is 15.5. The quantitative estimate of drug-likeness (QED) is 0.836. The molecule has 144 valence electrons. The van der Waals surface area contributed by atoms with E-state index in [1.54, 1.807) is 26.4 Å². The molecule has 5 nitrogen and oxygen atoms in total. The van der Waals surface area contributed by atoms with Gasteiger partial charge in [0, 0.05) is 12.1 Å². The van der Waals surface area contributed by atoms with Crippen LogP contribution in [0.5, 0.6) is 11.5 Å². The van der Waals surface area contributed by atoms with Crippen molar-refractivity contribution >= 4 is 5.97 Å². The largest absolute Gasteiger partial charge is 0.497 e. The molecule has 27 heavy (non-hydrogen) atoms. The average Bonchev–Trinajstić information content (AvgIpc) is 2.68. The third kappa shape index (κ3) is 4.22. The molecule has 2 aromatic carbocycles. The molecule has 2 atom stereocenters. The molecule has 1 aliphatic heterocycles. The first-order chi connectivity index (χ1) is 13.0. The minimum absolute atomic E-state index is 0.326. The van der Waals surface area contributed by atoms with Gasteiger partial charge in [0.05, 0.1) is 26.2 Å². The van der Waals surface area contributed by atoms with Crippen molar-refractivity contribution in [2.45, 2.75) is 18.9 Å². The second-order valence-electron chi connectivity index (χ2n) is 6.74. The van der Waals surface area contributed by atoms with Gasteiger partial charge in [0.1, 0.15) is 17.3 Å². The number of hydrogen-bond acceptors (Lipinski definition) is 4. The fourth-order valence-electron chi connectivity index (χ4n) is 3.76. The van der Waals surface area contributed by atoms with Crippen molar-refractivity contribution in [3.05, 3.63) is 59.4 Å². The Hall–Kier alpha value is -2.60. The Kier molecular flexibility index (Phi) is 5.96. The summed E-state index contributed by atoms with van der Waals surface area (Å²) in [7, 11) is 3.17. The Balaban J connectivity index is 2.09. The number of halogens is 1. The number of likely N-dealkylation sites (tertiary alicyclic amines) is 1. The molecule has 0 saturated carbocycles. The summed E-state index contributed by atoms with van der Waals surface area (Å²) in [5.74, 6) is -0.241. The molecule has 1 saturated heterocycles. The van der Waals surface area contributed by atoms with E-state index in [2.05, 4.69) is 4.90 Å². The Morgan fingerprint density at radius 3 is 2.70 bits per heavy atom. The van der Waals surface area contributed by atoms with E-state index in [4.69, 9.17) is 9.47 Å². The molecule has 6 heteroatoms. The van der Waals surface area contributed by atoms with Gasteiger partial charge in [-0.2, -0.15) is 0 Å². The molecule has 2 aromatic rings. The third-order valence-corrected chi connectivity index (χ3v) is 5.06. The minimum Gasteiger partial charge on any atom is -0.497 e. The Morgan fingerprint density at radius 1 is 1.22 bits per heavy atom. The van der Waals surface area contributed by atoms with E-state index in [0.29, 0.717) is 24.5 Å². The van der Waals surface area contributed by atoms with Gasteiger partial charge in [-0.15, -0.1) is 0 Å². The summed E-state index contributed by atoms with van der Waals surface area (Å²) in [4.78, 5) is 13.6. The van der Waals surface area contributed by atoms with Crippen LogP contribution in [-0.2, 0) is 4.79 Å². The Bertz CT molecular complexity index is 811. The van der Waals surface area contributed by atoms with Gasteiger partial charge >= 0.3 is 5.97 Å². The molecule has 0 radical (unpaired) electrons. The number of methoxy groups -OCH3 is 2. The van der Waals surface area contributed by atoms with Crippen molar-refractivity contribution < 1.29 is 23.8 Å². The Labute approximate surface area is 158 Å². The number of nitrogens with zero attached hydrogens (tertiary/aromatic N) is 1. The van der Waals surface area contributed by atoms with Crippen LogP contribution in [-0.4, -0.2) is 43.3 Å². The number of piperidine rings is 1. The number of rotatable bonds is 6. The van der Waals surface area contributed by atoms with Crippen LogP contribution in [0.15, 0.2) is 42.5 Å². The molecular weight excluding hydrogens is 349 g/mol. The number of carbonyl (C=O) groups is 1. The highest BCUT2D eigenvalue weighted by Gasteiger charge is 2.33. The molecule has 1 fully saturated rings. The van der Waals surface area contributed by atoms with Crippen LogP contribution < -0.4 is 9.47 Å². The van der Waals surface area contributed by atoms with Crippen LogP contribution in [0.25, 0.3) is 0 Å². The first-order valence-electron chi connectivity index (χ1n) is 8.97. The first kappa shape index (κ1) is 19.2. The van der Waals surface area contributed by atoms with E-state index in [1.165, 1.54) is 12.1 Å². The van der Waals surface area contributed by atoms with Gasteiger partial charge in [-0.1, -0.05) is 12.1 Å². The molecule has 0 bridgehead atoms. The molecule has 2 unspecified atom stereocenters. The number of ether oxygens (including phenoxy) is 2. The smallest absolute Gasteiger partial charge is 0.307 e. The lowest BCUT2D eigenvalue weighted by atomic mass is 9.91. The van der Waals surface area contributed by atoms with Gasteiger partial charge in [-0.3, -0.25) is 9.69 Å². The maximum Gasteiger partial charge on any atom is 0.307 e. The zero-order chi connectivity index (χ0) is 19.4. The Morgan fingerprint density at radius 2 is 2.04 bits per heavy atom. The normalized spacial score (nSPS) is 18.7. The van der Waals surface area contributed by atoms with Gasteiger partial charge in [0.2, 0.25) is 0 Å². The molecule has 0 aliphatic carbocycles. The highest BCUT2D eigenvalue weighted by molar-refractivity contribution is 5.70. The summed E-state index contributed by atoms with van der Waals surface area (Å²) in [6.07, 6.45) is 1.42. The predicted octanol–water partition coefficient (Wildman–Crippen LogP) is 3.73. The maximum absolute atomic E-state index is 14.0. The maximum atomic E-state index is 14.0. The summed E-state index contributed by atoms with van der Waals surface area (Å²) >= 11 is 0. The summed E-state index contributed by atoms with van der Waals surface area (Å²) in [6, 6.07) is 11.6. The standard InChI is InChI=1S/C21H24FNO4/c1-26-17-8-9-19(27-2)18(12-17)20(14-5-3-7-16(22)11-14)23-10-4-6-15(13-23)21(24)25/h3,5,7-9,11-12,15,20H,4,6,10,13H2,1-2H3,(H,24,25). The lowest BCUT2D eigenvalue weighted by molar-refractivity contribution is -0.143. The molecule has 1 heterocycles. The fraction of sp³-hybridized carbons (Fsp3) is 0.381. The fourth-order valence-corrected chi connectivity index (χ4v) is 3.76. The molecule has 0 aromatic heterocycles. The van der Waals surface area contributed by atoms with E-state index in [-0.39, 0.29) is 11.9 Å². The number of carboxylic acids is 1. The lowest BCUT2D eigenvalue weighted by Gasteiger charge is -2.38. The number of benzene rings is 2. The summed E-state index contributed by atoms with van der Waals surface area (Å²) in [5, 5.41) is 9.47. The van der Waals surface area contributed by atoms with Crippen LogP contribution >= 0.6 is 0 Å². The van der Waals surface area contributed by atoms with E-state index in [1.807, 2.05) is 18.2 Å². The van der Waals surface area contributed by atoms with Gasteiger partial charge < -0.3 is 14.6 Å². The van der Waals surface area contributed by atoms with Crippen LogP contribution in [0.4, 0.5) is 4.39 Å². The van der Waals surface area contributed by atoms with Crippen molar-refractivity contribution in [1.82, 2.24) is 4.90 Å². The van der Waals surface area contributed by atoms with Gasteiger partial charge in [0.15, 0.2) is 0 Å². The highest BCUT2D eigenvalue weighted by atomic mass is 19.1. The monoisotopic (exact) mass is 373 g/mol. The van der Waals surface area contributed by atoms with Crippen LogP contribution in [0.2, 0.25) is 0 Å². The van der Waals surface area contributed by atoms with Crippen molar-refractivity contribution in [2.75, 3.05) is 27.3 Å². The summed E-state index contributed by atoms with van der Waals surface area (Å²) in [6.45, 7) is 1.13. The molecule has 1 aliphatic rings. The second kappa shape index (κ2) is 8.39. The zero-order valence-corrected chi connectivity index (χ0v) is 15.5. The third-order valence-electron chi connectivity index (χ3n) is 5.06. The van der Waals surface area contributed by atoms with Crippen molar-refractivity contribution in [3.63, 3.8) is 0 Å². The molecule has 0 amide bonds. The van der Waals surface area contributed by atoms with Crippen LogP contribution in [0, 0.1) is 11.7 Å². The molecular formula is C21H24FNO4. The van der Waals surface area contributed by atoms with E-state index < -0.39 is 11.9 Å². The average molecular weight is 373 g/mol. The molecule has 0 spiro atoms. The van der Waals surface area contributed by atoms with Crippen LogP contribution in [0.1, 0.15) is 30.0 Å². The van der Waals surface area contributed by atoms with Gasteiger partial charge in [-0.05, 0) is 55.3 Å². The summed E-state index contributed by atoms with van der Waals surface area (Å²) < 4.78 is 24.9. The van der Waals surface area contributed by atoms with E-state index >= 15 is 0 Å². The minimum atomic E-state index is -0.796. The predicted molar refractivity (Wildman–Crippen MR) is 99.7 cm³/mol. The molecule has 1 N–H and O–H groups in total. The van der Waals surface area contributed by atoms with Gasteiger partial charge in [0.25, 0.3) is 0 Å². The highest BCUT2D eigenvalue weighted by Crippen LogP contribution is 2.39. The molecule has 3 rings (SSSR count). The number of carboxylic acid groups (broad SMARTS) is 1. The van der Waals surface area contributed by atoms with Crippen LogP contribution in [0.3, 0.4) is 0 Å². The van der Waals surface area contributed by atoms with E-state index in [0.717, 1.165) is 24.1 Å². The lowest BCUT2D eigenvalue weighted by Crippen LogP contribution is -2.41. The second-order valence-corrected chi connectivity index (χ2v) is 6.74. The van der Waals surface area contributed by atoms with E-state index in [9.17, 15) is 14.3 Å². The number of aliphatic carboxylic acids is 1. The topological polar surface area (TPSA) is 59.0 Å². The summed E-state index contributed by atoms with van der Waals surface area (Å²) in [5.41, 5.74) is 1.58. The van der Waals surface area contributed by atoms with Crippen molar-refractivity contribution in [1.29, 1.82) is 0 Å². The SMILES string of the molecule is COc1ccc(OC)c(C(c2cccc(F)c2)N2CCCC(C(=O)O)C2)c1. The van der Waals surface area contributed by atoms with Crippen molar-refractivity contribution in [2.24, 2.45) is 5.92 Å².